The lowest BCUT2D eigenvalue weighted by atomic mass is 10.5. The van der Waals surface area contributed by atoms with E-state index in [-0.39, 0.29) is 12.8 Å². The molecular formula is C4H12N2O. The fourth-order valence-electron chi connectivity index (χ4n) is 0.292. The Hall–Kier alpha value is -0.120. The van der Waals surface area contributed by atoms with Crippen LogP contribution in [0.4, 0.5) is 0 Å². The first-order valence-corrected chi connectivity index (χ1v) is 2.37. The van der Waals surface area contributed by atoms with E-state index in [0.717, 1.165) is 0 Å². The zero-order chi connectivity index (χ0) is 5.70. The molecule has 3 heteroatoms. The van der Waals surface area contributed by atoms with Gasteiger partial charge in [0.15, 0.2) is 0 Å². The van der Waals surface area contributed by atoms with Crippen molar-refractivity contribution in [3.8, 4) is 0 Å². The molecule has 4 N–H and O–H groups in total. The van der Waals surface area contributed by atoms with Gasteiger partial charge < -0.3 is 16.2 Å². The standard InChI is InChI=1S/C4H12N2O/c1-4(5)6-2-3-7/h4,6-7H,2-3,5H2,1H3/t4-/m0/s1. The molecule has 0 aromatic heterocycles. The highest BCUT2D eigenvalue weighted by molar-refractivity contribution is 4.47. The number of hydrogen-bond donors (Lipinski definition) is 3. The van der Waals surface area contributed by atoms with Crippen LogP contribution in [0.25, 0.3) is 0 Å². The first kappa shape index (κ1) is 6.88. The van der Waals surface area contributed by atoms with E-state index < -0.39 is 0 Å². The number of aliphatic hydroxyl groups is 1. The molecule has 0 aliphatic rings. The molecule has 0 spiro atoms. The van der Waals surface area contributed by atoms with Gasteiger partial charge in [0, 0.05) is 6.54 Å². The lowest BCUT2D eigenvalue weighted by Gasteiger charge is -2.03. The number of nitrogens with one attached hydrogen (secondary N) is 1. The van der Waals surface area contributed by atoms with E-state index in [2.05, 4.69) is 5.32 Å². The molecule has 0 fully saturated rings. The highest BCUT2D eigenvalue weighted by atomic mass is 16.3. The molecule has 0 aromatic rings. The van der Waals surface area contributed by atoms with Gasteiger partial charge in [-0.25, -0.2) is 0 Å². The minimum atomic E-state index is -0.00727. The Morgan fingerprint density at radius 1 is 1.86 bits per heavy atom. The summed E-state index contributed by atoms with van der Waals surface area (Å²) in [6.45, 7) is 2.56. The Balaban J connectivity index is 2.68. The number of hydrogen-bond acceptors (Lipinski definition) is 3. The van der Waals surface area contributed by atoms with Gasteiger partial charge in [-0.05, 0) is 6.92 Å². The fraction of sp³-hybridized carbons (Fsp3) is 1.00. The Kier molecular flexibility index (Phi) is 3.98. The van der Waals surface area contributed by atoms with Gasteiger partial charge in [0.1, 0.15) is 0 Å². The molecule has 0 aromatic carbocycles. The Morgan fingerprint density at radius 2 is 2.43 bits per heavy atom. The number of nitrogens with two attached hydrogens (primary N) is 1. The zero-order valence-corrected chi connectivity index (χ0v) is 4.52. The van der Waals surface area contributed by atoms with Crippen LogP contribution in [0.3, 0.4) is 0 Å². The molecule has 1 atom stereocenters. The topological polar surface area (TPSA) is 58.3 Å². The summed E-state index contributed by atoms with van der Waals surface area (Å²) in [4.78, 5) is 0. The van der Waals surface area contributed by atoms with E-state index in [1.54, 1.807) is 0 Å². The fourth-order valence-corrected chi connectivity index (χ4v) is 0.292. The largest absolute Gasteiger partial charge is 0.395 e. The molecule has 0 unspecified atom stereocenters. The van der Waals surface area contributed by atoms with Crippen LogP contribution in [-0.2, 0) is 0 Å². The van der Waals surface area contributed by atoms with Crippen LogP contribution < -0.4 is 11.1 Å². The predicted molar refractivity (Wildman–Crippen MR) is 28.7 cm³/mol. The Morgan fingerprint density at radius 3 is 2.57 bits per heavy atom. The first-order chi connectivity index (χ1) is 3.27. The van der Waals surface area contributed by atoms with Crippen LogP contribution in [0.2, 0.25) is 0 Å². The lowest BCUT2D eigenvalue weighted by molar-refractivity contribution is 0.286. The zero-order valence-electron chi connectivity index (χ0n) is 4.52. The molecule has 0 aliphatic heterocycles. The van der Waals surface area contributed by atoms with Crippen LogP contribution in [0, 0.1) is 0 Å². The molecule has 0 saturated carbocycles. The van der Waals surface area contributed by atoms with Gasteiger partial charge in [0.05, 0.1) is 12.8 Å². The number of aliphatic hydroxyl groups excluding tert-OH is 1. The first-order valence-electron chi connectivity index (χ1n) is 2.37. The maximum absolute atomic E-state index is 8.20. The van der Waals surface area contributed by atoms with Crippen LogP contribution in [0.1, 0.15) is 6.92 Å². The molecule has 0 heterocycles. The smallest absolute Gasteiger partial charge is 0.0556 e. The average Bonchev–Trinajstić information content (AvgIpc) is 1.61. The van der Waals surface area contributed by atoms with Crippen molar-refractivity contribution in [1.82, 2.24) is 5.32 Å². The van der Waals surface area contributed by atoms with Crippen molar-refractivity contribution in [3.05, 3.63) is 0 Å². The second kappa shape index (κ2) is 4.05. The summed E-state index contributed by atoms with van der Waals surface area (Å²) >= 11 is 0. The predicted octanol–water partition coefficient (Wildman–Crippen LogP) is -1.13. The monoisotopic (exact) mass is 104 g/mol. The molecule has 0 radical (unpaired) electrons. The van der Waals surface area contributed by atoms with Crippen LogP contribution >= 0.6 is 0 Å². The average molecular weight is 104 g/mol. The van der Waals surface area contributed by atoms with Crippen molar-refractivity contribution in [3.63, 3.8) is 0 Å². The van der Waals surface area contributed by atoms with Gasteiger partial charge in [-0.3, -0.25) is 0 Å². The number of rotatable bonds is 3. The van der Waals surface area contributed by atoms with E-state index in [0.29, 0.717) is 6.54 Å². The third-order valence-electron chi connectivity index (χ3n) is 0.578. The third kappa shape index (κ3) is 5.88. The minimum Gasteiger partial charge on any atom is -0.395 e. The van der Waals surface area contributed by atoms with Crippen LogP contribution in [0.15, 0.2) is 0 Å². The molecule has 0 amide bonds. The second-order valence-corrected chi connectivity index (χ2v) is 1.47. The summed E-state index contributed by atoms with van der Waals surface area (Å²) in [5, 5.41) is 11.0. The van der Waals surface area contributed by atoms with Crippen LogP contribution in [0.5, 0.6) is 0 Å². The molecule has 0 aliphatic carbocycles. The maximum Gasteiger partial charge on any atom is 0.0556 e. The highest BCUT2D eigenvalue weighted by Gasteiger charge is 1.85. The summed E-state index contributed by atoms with van der Waals surface area (Å²) in [6.07, 6.45) is -0.00727. The van der Waals surface area contributed by atoms with Crippen molar-refractivity contribution < 1.29 is 5.11 Å². The molecule has 0 rings (SSSR count). The van der Waals surface area contributed by atoms with Gasteiger partial charge in [-0.1, -0.05) is 0 Å². The molecular weight excluding hydrogens is 92.1 g/mol. The van der Waals surface area contributed by atoms with Crippen molar-refractivity contribution in [2.75, 3.05) is 13.2 Å². The minimum absolute atomic E-state index is 0.00727. The maximum atomic E-state index is 8.20. The van der Waals surface area contributed by atoms with Gasteiger partial charge in [-0.2, -0.15) is 0 Å². The summed E-state index contributed by atoms with van der Waals surface area (Å²) in [6, 6.07) is 0. The summed E-state index contributed by atoms with van der Waals surface area (Å²) < 4.78 is 0. The molecule has 7 heavy (non-hydrogen) atoms. The lowest BCUT2D eigenvalue weighted by Crippen LogP contribution is -2.35. The van der Waals surface area contributed by atoms with E-state index >= 15 is 0 Å². The third-order valence-corrected chi connectivity index (χ3v) is 0.578. The summed E-state index contributed by atoms with van der Waals surface area (Å²) in [7, 11) is 0. The van der Waals surface area contributed by atoms with E-state index in [1.165, 1.54) is 0 Å². The van der Waals surface area contributed by atoms with E-state index in [1.807, 2.05) is 6.92 Å². The summed E-state index contributed by atoms with van der Waals surface area (Å²) in [5.74, 6) is 0. The normalized spacial score (nSPS) is 14.1. The Labute approximate surface area is 43.5 Å². The Bertz CT molecular complexity index is 38.7. The molecule has 0 saturated heterocycles. The molecule has 3 nitrogen and oxygen atoms in total. The quantitative estimate of drug-likeness (QED) is 0.397. The van der Waals surface area contributed by atoms with Gasteiger partial charge in [0.25, 0.3) is 0 Å². The van der Waals surface area contributed by atoms with Crippen LogP contribution in [-0.4, -0.2) is 24.4 Å². The van der Waals surface area contributed by atoms with Crippen molar-refractivity contribution in [2.24, 2.45) is 5.73 Å². The van der Waals surface area contributed by atoms with Crippen molar-refractivity contribution >= 4 is 0 Å². The highest BCUT2D eigenvalue weighted by Crippen LogP contribution is 1.61. The second-order valence-electron chi connectivity index (χ2n) is 1.47. The van der Waals surface area contributed by atoms with E-state index in [4.69, 9.17) is 10.8 Å². The van der Waals surface area contributed by atoms with Gasteiger partial charge in [0.2, 0.25) is 0 Å². The van der Waals surface area contributed by atoms with Crippen molar-refractivity contribution in [2.45, 2.75) is 13.1 Å². The SMILES string of the molecule is C[C@@H](N)NCCO. The van der Waals surface area contributed by atoms with Crippen molar-refractivity contribution in [1.29, 1.82) is 0 Å². The molecule has 0 bridgehead atoms. The molecule has 44 valence electrons. The summed E-state index contributed by atoms with van der Waals surface area (Å²) in [5.41, 5.74) is 5.26. The van der Waals surface area contributed by atoms with Gasteiger partial charge in [-0.15, -0.1) is 0 Å². The van der Waals surface area contributed by atoms with E-state index in [9.17, 15) is 0 Å². The van der Waals surface area contributed by atoms with Gasteiger partial charge >= 0.3 is 0 Å².